The first-order chi connectivity index (χ1) is 19.9. The number of hydrogen-bond donors (Lipinski definition) is 2. The maximum absolute atomic E-state index is 15.0. The predicted octanol–water partition coefficient (Wildman–Crippen LogP) is 4.08. The average Bonchev–Trinajstić information content (AvgIpc) is 3.60. The Hall–Kier alpha value is -4.69. The molecule has 4 heterocycles. The van der Waals surface area contributed by atoms with E-state index >= 15 is 4.39 Å². The van der Waals surface area contributed by atoms with Gasteiger partial charge in [0.05, 0.1) is 59.2 Å². The molecule has 3 aromatic heterocycles. The number of methoxy groups -OCH3 is 1. The van der Waals surface area contributed by atoms with Gasteiger partial charge in [0.25, 0.3) is 0 Å². The van der Waals surface area contributed by atoms with E-state index in [1.165, 1.54) is 36.9 Å². The van der Waals surface area contributed by atoms with Crippen LogP contribution in [-0.4, -0.2) is 69.2 Å². The quantitative estimate of drug-likeness (QED) is 0.274. The van der Waals surface area contributed by atoms with Crippen LogP contribution in [0, 0.1) is 12.7 Å². The van der Waals surface area contributed by atoms with Crippen LogP contribution in [0.4, 0.5) is 14.9 Å². The van der Waals surface area contributed by atoms with E-state index in [0.29, 0.717) is 45.1 Å². The third-order valence-electron chi connectivity index (χ3n) is 6.20. The number of amides is 1. The maximum Gasteiger partial charge on any atom is 0.411 e. The summed E-state index contributed by atoms with van der Waals surface area (Å²) in [5.41, 5.74) is 4.57. The zero-order valence-electron chi connectivity index (χ0n) is 21.9. The molecule has 0 aliphatic carbocycles. The number of nitrogens with one attached hydrogen (secondary N) is 1. The molecule has 0 spiro atoms. The molecule has 41 heavy (non-hydrogen) atoms. The lowest BCUT2D eigenvalue weighted by molar-refractivity contribution is 0.100. The molecule has 2 aromatic carbocycles. The summed E-state index contributed by atoms with van der Waals surface area (Å²) < 4.78 is 37.3. The predicted molar refractivity (Wildman–Crippen MR) is 147 cm³/mol. The van der Waals surface area contributed by atoms with E-state index in [-0.39, 0.29) is 31.6 Å². The Kier molecular flexibility index (Phi) is 7.15. The standard InChI is InChI=1S/C27H23FN6O6S/c1-13-5-16(22-19(6-13)33-21(37-2)11-29-22)25-34-20-8-18(28)23-17(24(20)41-25)7-15(40-23)12-39-27(36)32-14-9-30-26(31-10-14)38-4-3-35/h5-6,8-11,15,35H,3-4,7,12H2,1-2H3,(H,32,36)/t15-/m1/s1. The van der Waals surface area contributed by atoms with Gasteiger partial charge in [-0.3, -0.25) is 5.32 Å². The number of benzene rings is 2. The van der Waals surface area contributed by atoms with Crippen LogP contribution in [-0.2, 0) is 11.2 Å². The van der Waals surface area contributed by atoms with E-state index in [2.05, 4.69) is 25.3 Å². The third-order valence-corrected chi connectivity index (χ3v) is 7.37. The molecule has 0 unspecified atom stereocenters. The van der Waals surface area contributed by atoms with Gasteiger partial charge in [0, 0.05) is 23.6 Å². The summed E-state index contributed by atoms with van der Waals surface area (Å²) in [7, 11) is 1.53. The molecule has 0 fully saturated rings. The number of rotatable bonds is 8. The van der Waals surface area contributed by atoms with Gasteiger partial charge in [-0.15, -0.1) is 11.3 Å². The number of anilines is 1. The van der Waals surface area contributed by atoms with E-state index in [1.54, 1.807) is 6.20 Å². The first-order valence-electron chi connectivity index (χ1n) is 12.5. The number of fused-ring (bicyclic) bond motifs is 4. The molecular weight excluding hydrogens is 555 g/mol. The van der Waals surface area contributed by atoms with E-state index in [4.69, 9.17) is 29.0 Å². The second-order valence-corrected chi connectivity index (χ2v) is 10.1. The number of nitrogens with zero attached hydrogens (tertiary/aromatic N) is 5. The van der Waals surface area contributed by atoms with Crippen molar-refractivity contribution in [3.63, 3.8) is 0 Å². The maximum atomic E-state index is 15.0. The van der Waals surface area contributed by atoms with Crippen LogP contribution in [0.15, 0.2) is 36.8 Å². The summed E-state index contributed by atoms with van der Waals surface area (Å²) in [6.45, 7) is 1.74. The summed E-state index contributed by atoms with van der Waals surface area (Å²) >= 11 is 1.42. The largest absolute Gasteiger partial charge is 0.483 e. The highest BCUT2D eigenvalue weighted by Gasteiger charge is 2.31. The Morgan fingerprint density at radius 3 is 2.78 bits per heavy atom. The number of aromatic nitrogens is 5. The van der Waals surface area contributed by atoms with Crippen molar-refractivity contribution in [2.24, 2.45) is 0 Å². The number of carbonyl (C=O) groups is 1. The molecule has 210 valence electrons. The van der Waals surface area contributed by atoms with Gasteiger partial charge >= 0.3 is 12.1 Å². The van der Waals surface area contributed by atoms with Crippen LogP contribution in [0.5, 0.6) is 17.6 Å². The molecule has 1 aliphatic rings. The van der Waals surface area contributed by atoms with Crippen molar-refractivity contribution < 1.29 is 33.2 Å². The molecule has 1 atom stereocenters. The second kappa shape index (κ2) is 11.1. The van der Waals surface area contributed by atoms with E-state index in [9.17, 15) is 4.79 Å². The van der Waals surface area contributed by atoms with Crippen molar-refractivity contribution in [2.45, 2.75) is 19.4 Å². The number of aliphatic hydroxyl groups is 1. The number of hydrogen-bond acceptors (Lipinski definition) is 12. The first kappa shape index (κ1) is 26.5. The van der Waals surface area contributed by atoms with Crippen molar-refractivity contribution in [3.05, 3.63) is 53.7 Å². The van der Waals surface area contributed by atoms with Gasteiger partial charge in [-0.2, -0.15) is 0 Å². The molecule has 14 heteroatoms. The van der Waals surface area contributed by atoms with Crippen molar-refractivity contribution in [1.82, 2.24) is 24.9 Å². The van der Waals surface area contributed by atoms with Crippen LogP contribution >= 0.6 is 11.3 Å². The number of carbonyl (C=O) groups excluding carboxylic acids is 1. The van der Waals surface area contributed by atoms with E-state index < -0.39 is 18.0 Å². The molecule has 0 saturated heterocycles. The lowest BCUT2D eigenvalue weighted by Gasteiger charge is -2.12. The molecule has 12 nitrogen and oxygen atoms in total. The van der Waals surface area contributed by atoms with Gasteiger partial charge in [0.2, 0.25) is 5.88 Å². The van der Waals surface area contributed by atoms with Crippen molar-refractivity contribution in [3.8, 4) is 28.2 Å². The number of aliphatic hydroxyl groups excluding tert-OH is 1. The molecule has 1 aliphatic heterocycles. The lowest BCUT2D eigenvalue weighted by Crippen LogP contribution is -2.25. The lowest BCUT2D eigenvalue weighted by atomic mass is 10.1. The molecule has 2 N–H and O–H groups in total. The van der Waals surface area contributed by atoms with Crippen LogP contribution < -0.4 is 19.5 Å². The highest BCUT2D eigenvalue weighted by atomic mass is 32.1. The van der Waals surface area contributed by atoms with Crippen LogP contribution in [0.2, 0.25) is 0 Å². The summed E-state index contributed by atoms with van der Waals surface area (Å²) in [6, 6.07) is 5.32. The van der Waals surface area contributed by atoms with E-state index in [1.807, 2.05) is 19.1 Å². The summed E-state index contributed by atoms with van der Waals surface area (Å²) in [4.78, 5) is 33.9. The number of halogens is 1. The zero-order chi connectivity index (χ0) is 28.5. The molecular formula is C27H23FN6O6S. The highest BCUT2D eigenvalue weighted by molar-refractivity contribution is 7.22. The van der Waals surface area contributed by atoms with Gasteiger partial charge < -0.3 is 24.1 Å². The molecule has 1 amide bonds. The topological polar surface area (TPSA) is 151 Å². The summed E-state index contributed by atoms with van der Waals surface area (Å²) in [6.07, 6.45) is 3.25. The van der Waals surface area contributed by atoms with Gasteiger partial charge in [-0.25, -0.2) is 34.1 Å². The normalized spacial score (nSPS) is 14.1. The average molecular weight is 579 g/mol. The zero-order valence-corrected chi connectivity index (χ0v) is 22.7. The third kappa shape index (κ3) is 5.38. The van der Waals surface area contributed by atoms with Gasteiger partial charge in [0.15, 0.2) is 11.6 Å². The number of thiazole rings is 1. The van der Waals surface area contributed by atoms with Crippen molar-refractivity contribution in [1.29, 1.82) is 0 Å². The number of ether oxygens (including phenoxy) is 4. The fourth-order valence-electron chi connectivity index (χ4n) is 4.46. The Morgan fingerprint density at radius 1 is 1.17 bits per heavy atom. The van der Waals surface area contributed by atoms with Crippen LogP contribution in [0.3, 0.4) is 0 Å². The molecule has 0 bridgehead atoms. The van der Waals surface area contributed by atoms with Gasteiger partial charge in [0.1, 0.15) is 24.3 Å². The molecule has 0 saturated carbocycles. The molecule has 0 radical (unpaired) electrons. The van der Waals surface area contributed by atoms with Gasteiger partial charge in [-0.05, 0) is 24.6 Å². The minimum absolute atomic E-state index is 0.0571. The van der Waals surface area contributed by atoms with E-state index in [0.717, 1.165) is 15.8 Å². The second-order valence-electron chi connectivity index (χ2n) is 9.12. The van der Waals surface area contributed by atoms with Crippen LogP contribution in [0.1, 0.15) is 11.1 Å². The Morgan fingerprint density at radius 2 is 2.00 bits per heavy atom. The minimum Gasteiger partial charge on any atom is -0.483 e. The van der Waals surface area contributed by atoms with Gasteiger partial charge in [-0.1, -0.05) is 0 Å². The SMILES string of the molecule is COc1cnc2c(-c3nc4cc(F)c5c(c4s3)C[C@H](COC(=O)Nc3cnc(OCCO)nc3)O5)cc(C)cc2n1. The Balaban J connectivity index is 1.18. The summed E-state index contributed by atoms with van der Waals surface area (Å²) in [5.74, 6) is 0.00945. The monoisotopic (exact) mass is 578 g/mol. The minimum atomic E-state index is -0.744. The Labute approximate surface area is 236 Å². The number of aryl methyl sites for hydroxylation is 1. The Bertz CT molecular complexity index is 1770. The smallest absolute Gasteiger partial charge is 0.411 e. The molecule has 6 rings (SSSR count). The van der Waals surface area contributed by atoms with Crippen molar-refractivity contribution in [2.75, 3.05) is 32.2 Å². The summed E-state index contributed by atoms with van der Waals surface area (Å²) in [5, 5.41) is 12.0. The first-order valence-corrected chi connectivity index (χ1v) is 13.3. The highest BCUT2D eigenvalue weighted by Crippen LogP contribution is 2.43. The fraction of sp³-hybridized carbons (Fsp3) is 0.259. The van der Waals surface area contributed by atoms with Crippen LogP contribution in [0.25, 0.3) is 31.8 Å². The van der Waals surface area contributed by atoms with Crippen molar-refractivity contribution >= 4 is 44.4 Å². The fourth-order valence-corrected chi connectivity index (χ4v) is 5.57. The molecule has 5 aromatic rings.